The van der Waals surface area contributed by atoms with Gasteiger partial charge in [-0.05, 0) is 49.1 Å². The van der Waals surface area contributed by atoms with Crippen LogP contribution in [-0.2, 0) is 4.79 Å². The Hall–Kier alpha value is -1.75. The number of hydrogen-bond acceptors (Lipinski definition) is 4. The van der Waals surface area contributed by atoms with Crippen molar-refractivity contribution in [3.8, 4) is 5.75 Å². The Kier molecular flexibility index (Phi) is 5.61. The normalized spacial score (nSPS) is 20.6. The molecule has 1 amide bonds. The van der Waals surface area contributed by atoms with Crippen LogP contribution in [0.1, 0.15) is 38.7 Å². The second-order valence-electron chi connectivity index (χ2n) is 6.37. The molecule has 0 bridgehead atoms. The number of aliphatic imine (C=N–C) groups is 1. The summed E-state index contributed by atoms with van der Waals surface area (Å²) in [5.74, 6) is 1.45. The molecular formula is C19H24N2O2S. The van der Waals surface area contributed by atoms with E-state index in [2.05, 4.69) is 23.7 Å². The molecule has 1 fully saturated rings. The van der Waals surface area contributed by atoms with Crippen LogP contribution in [0.3, 0.4) is 0 Å². The van der Waals surface area contributed by atoms with Crippen LogP contribution < -0.4 is 4.74 Å². The fraction of sp³-hybridized carbons (Fsp3) is 0.474. The van der Waals surface area contributed by atoms with Crippen molar-refractivity contribution in [1.29, 1.82) is 0 Å². The number of amidine groups is 1. The van der Waals surface area contributed by atoms with Crippen LogP contribution in [0, 0.1) is 5.92 Å². The van der Waals surface area contributed by atoms with Crippen LogP contribution in [0.25, 0.3) is 6.08 Å². The van der Waals surface area contributed by atoms with Crippen LogP contribution in [-0.4, -0.2) is 35.7 Å². The second-order valence-corrected chi connectivity index (χ2v) is 7.38. The number of rotatable bonds is 4. The molecule has 2 aliphatic heterocycles. The molecule has 0 aliphatic carbocycles. The molecule has 4 nitrogen and oxygen atoms in total. The highest BCUT2D eigenvalue weighted by molar-refractivity contribution is 8.18. The zero-order valence-corrected chi connectivity index (χ0v) is 15.1. The molecule has 0 N–H and O–H groups in total. The van der Waals surface area contributed by atoms with Crippen molar-refractivity contribution < 1.29 is 9.53 Å². The average molecular weight is 344 g/mol. The van der Waals surface area contributed by atoms with Crippen LogP contribution in [0.15, 0.2) is 34.2 Å². The summed E-state index contributed by atoms with van der Waals surface area (Å²) in [6, 6.07) is 7.84. The average Bonchev–Trinajstić information content (AvgIpc) is 2.95. The van der Waals surface area contributed by atoms with Gasteiger partial charge >= 0.3 is 0 Å². The molecule has 3 rings (SSSR count). The number of thioether (sulfide) groups is 1. The molecule has 2 aliphatic rings. The van der Waals surface area contributed by atoms with Gasteiger partial charge in [-0.1, -0.05) is 32.0 Å². The summed E-state index contributed by atoms with van der Waals surface area (Å²) in [5, 5.41) is 0.852. The zero-order chi connectivity index (χ0) is 16.9. The van der Waals surface area contributed by atoms with E-state index in [4.69, 9.17) is 4.74 Å². The molecule has 0 unspecified atom stereocenters. The standard InChI is InChI=1S/C19H24N2O2S/c1-3-12-23-16-7-5-4-6-15(16)13-17-18(22)20-19(24-17)21-10-8-14(2)9-11-21/h4-7,13-14H,3,8-12H2,1-2H3/b17-13+. The number of benzene rings is 1. The number of carbonyl (C=O) groups is 1. The Labute approximate surface area is 148 Å². The lowest BCUT2D eigenvalue weighted by Crippen LogP contribution is -2.35. The highest BCUT2D eigenvalue weighted by Crippen LogP contribution is 2.33. The van der Waals surface area contributed by atoms with Crippen molar-refractivity contribution in [2.45, 2.75) is 33.1 Å². The van der Waals surface area contributed by atoms with E-state index in [1.54, 1.807) is 0 Å². The van der Waals surface area contributed by atoms with E-state index < -0.39 is 0 Å². The zero-order valence-electron chi connectivity index (χ0n) is 14.3. The Morgan fingerprint density at radius 3 is 2.83 bits per heavy atom. The first-order valence-electron chi connectivity index (χ1n) is 8.66. The van der Waals surface area contributed by atoms with Gasteiger partial charge in [-0.15, -0.1) is 0 Å². The molecule has 0 aromatic heterocycles. The molecule has 0 spiro atoms. The maximum atomic E-state index is 12.3. The van der Waals surface area contributed by atoms with Gasteiger partial charge < -0.3 is 9.64 Å². The number of likely N-dealkylation sites (tertiary alicyclic amines) is 1. The maximum Gasteiger partial charge on any atom is 0.286 e. The van der Waals surface area contributed by atoms with E-state index in [-0.39, 0.29) is 5.91 Å². The maximum absolute atomic E-state index is 12.3. The molecule has 0 radical (unpaired) electrons. The highest BCUT2D eigenvalue weighted by atomic mass is 32.2. The van der Waals surface area contributed by atoms with Gasteiger partial charge in [0.15, 0.2) is 5.17 Å². The smallest absolute Gasteiger partial charge is 0.286 e. The summed E-state index contributed by atoms with van der Waals surface area (Å²) in [6.45, 7) is 7.02. The predicted octanol–water partition coefficient (Wildman–Crippen LogP) is 4.18. The van der Waals surface area contributed by atoms with E-state index in [9.17, 15) is 4.79 Å². The summed E-state index contributed by atoms with van der Waals surface area (Å²) >= 11 is 1.49. The molecule has 1 saturated heterocycles. The van der Waals surface area contributed by atoms with Gasteiger partial charge in [0.1, 0.15) is 5.75 Å². The molecule has 2 heterocycles. The molecule has 24 heavy (non-hydrogen) atoms. The van der Waals surface area contributed by atoms with E-state index in [0.717, 1.165) is 41.9 Å². The van der Waals surface area contributed by atoms with Crippen LogP contribution in [0.2, 0.25) is 0 Å². The van der Waals surface area contributed by atoms with Gasteiger partial charge in [0.25, 0.3) is 5.91 Å². The van der Waals surface area contributed by atoms with Crippen molar-refractivity contribution in [2.75, 3.05) is 19.7 Å². The second kappa shape index (κ2) is 7.88. The molecule has 128 valence electrons. The number of hydrogen-bond donors (Lipinski definition) is 0. The number of piperidine rings is 1. The molecular weight excluding hydrogens is 320 g/mol. The van der Waals surface area contributed by atoms with Gasteiger partial charge in [0.2, 0.25) is 0 Å². The minimum atomic E-state index is -0.140. The first-order chi connectivity index (χ1) is 11.7. The number of ether oxygens (including phenoxy) is 1. The quantitative estimate of drug-likeness (QED) is 0.769. The fourth-order valence-electron chi connectivity index (χ4n) is 2.82. The lowest BCUT2D eigenvalue weighted by atomic mass is 10.00. The van der Waals surface area contributed by atoms with Crippen LogP contribution >= 0.6 is 11.8 Å². The highest BCUT2D eigenvalue weighted by Gasteiger charge is 2.28. The summed E-state index contributed by atoms with van der Waals surface area (Å²) in [6.07, 6.45) is 5.20. The molecule has 1 aromatic rings. The Morgan fingerprint density at radius 2 is 2.08 bits per heavy atom. The Balaban J connectivity index is 1.73. The van der Waals surface area contributed by atoms with Crippen molar-refractivity contribution in [2.24, 2.45) is 10.9 Å². The topological polar surface area (TPSA) is 41.9 Å². The number of carbonyl (C=O) groups excluding carboxylic acids is 1. The third-order valence-corrected chi connectivity index (χ3v) is 5.38. The van der Waals surface area contributed by atoms with Crippen LogP contribution in [0.4, 0.5) is 0 Å². The monoisotopic (exact) mass is 344 g/mol. The summed E-state index contributed by atoms with van der Waals surface area (Å²) in [7, 11) is 0. The molecule has 0 atom stereocenters. The van der Waals surface area contributed by atoms with Gasteiger partial charge in [-0.3, -0.25) is 4.79 Å². The lowest BCUT2D eigenvalue weighted by molar-refractivity contribution is -0.113. The van der Waals surface area contributed by atoms with E-state index in [0.29, 0.717) is 11.5 Å². The largest absolute Gasteiger partial charge is 0.493 e. The Morgan fingerprint density at radius 1 is 1.33 bits per heavy atom. The van der Waals surface area contributed by atoms with E-state index in [1.807, 2.05) is 30.3 Å². The lowest BCUT2D eigenvalue weighted by Gasteiger charge is -2.30. The van der Waals surface area contributed by atoms with Crippen molar-refractivity contribution in [3.05, 3.63) is 34.7 Å². The molecule has 0 saturated carbocycles. The minimum absolute atomic E-state index is 0.140. The van der Waals surface area contributed by atoms with Crippen molar-refractivity contribution in [1.82, 2.24) is 4.90 Å². The van der Waals surface area contributed by atoms with Crippen molar-refractivity contribution in [3.63, 3.8) is 0 Å². The minimum Gasteiger partial charge on any atom is -0.493 e. The fourth-order valence-corrected chi connectivity index (χ4v) is 3.77. The Bertz CT molecular complexity index is 661. The molecule has 1 aromatic carbocycles. The summed E-state index contributed by atoms with van der Waals surface area (Å²) in [5.41, 5.74) is 0.936. The summed E-state index contributed by atoms with van der Waals surface area (Å²) < 4.78 is 5.77. The van der Waals surface area contributed by atoms with Crippen LogP contribution in [0.5, 0.6) is 5.75 Å². The first kappa shape index (κ1) is 17.1. The van der Waals surface area contributed by atoms with Gasteiger partial charge in [0, 0.05) is 18.7 Å². The summed E-state index contributed by atoms with van der Waals surface area (Å²) in [4.78, 5) is 19.5. The van der Waals surface area contributed by atoms with Gasteiger partial charge in [-0.2, -0.15) is 4.99 Å². The number of nitrogens with zero attached hydrogens (tertiary/aromatic N) is 2. The van der Waals surface area contributed by atoms with Gasteiger partial charge in [-0.25, -0.2) is 0 Å². The molecule has 5 heteroatoms. The first-order valence-corrected chi connectivity index (χ1v) is 9.48. The third kappa shape index (κ3) is 4.01. The number of para-hydroxylation sites is 1. The SMILES string of the molecule is CCCOc1ccccc1/C=C1/SC(N2CCC(C)CC2)=NC1=O. The van der Waals surface area contributed by atoms with E-state index >= 15 is 0 Å². The van der Waals surface area contributed by atoms with Crippen molar-refractivity contribution >= 4 is 28.9 Å². The van der Waals surface area contributed by atoms with E-state index in [1.165, 1.54) is 24.6 Å². The number of amides is 1. The third-order valence-electron chi connectivity index (χ3n) is 4.33. The van der Waals surface area contributed by atoms with Gasteiger partial charge in [0.05, 0.1) is 11.5 Å². The predicted molar refractivity (Wildman–Crippen MR) is 100 cm³/mol.